The van der Waals surface area contributed by atoms with Crippen LogP contribution in [0.15, 0.2) is 18.3 Å². The predicted molar refractivity (Wildman–Crippen MR) is 65.8 cm³/mol. The summed E-state index contributed by atoms with van der Waals surface area (Å²) in [5.41, 5.74) is 2.31. The van der Waals surface area contributed by atoms with Crippen LogP contribution in [-0.4, -0.2) is 14.6 Å². The van der Waals surface area contributed by atoms with Crippen LogP contribution >= 0.6 is 0 Å². The molecular weight excluding hydrogens is 198 g/mol. The molecule has 3 nitrogen and oxygen atoms in total. The Morgan fingerprint density at radius 2 is 1.94 bits per heavy atom. The van der Waals surface area contributed by atoms with Gasteiger partial charge in [-0.05, 0) is 12.1 Å². The minimum absolute atomic E-state index is 0.0570. The van der Waals surface area contributed by atoms with Gasteiger partial charge in [-0.15, -0.1) is 0 Å². The minimum atomic E-state index is 0.0570. The summed E-state index contributed by atoms with van der Waals surface area (Å²) < 4.78 is 1.96. The molecule has 2 aromatic heterocycles. The number of rotatable bonds is 1. The van der Waals surface area contributed by atoms with Crippen molar-refractivity contribution in [2.45, 2.75) is 46.0 Å². The van der Waals surface area contributed by atoms with Crippen LogP contribution in [0, 0.1) is 0 Å². The highest BCUT2D eigenvalue weighted by atomic mass is 15.3. The largest absolute Gasteiger partial charge is 0.235 e. The number of hydrogen-bond donors (Lipinski definition) is 0. The van der Waals surface area contributed by atoms with E-state index in [9.17, 15) is 0 Å². The van der Waals surface area contributed by atoms with Gasteiger partial charge in [0.1, 0.15) is 5.82 Å². The molecule has 16 heavy (non-hydrogen) atoms. The van der Waals surface area contributed by atoms with Gasteiger partial charge in [0.25, 0.3) is 0 Å². The van der Waals surface area contributed by atoms with Crippen LogP contribution in [0.3, 0.4) is 0 Å². The van der Waals surface area contributed by atoms with Crippen LogP contribution in [0.5, 0.6) is 0 Å². The maximum atomic E-state index is 4.76. The van der Waals surface area contributed by atoms with Gasteiger partial charge in [-0.25, -0.2) is 9.50 Å². The lowest BCUT2D eigenvalue weighted by molar-refractivity contribution is 0.574. The second-order valence-electron chi connectivity index (χ2n) is 5.54. The summed E-state index contributed by atoms with van der Waals surface area (Å²) in [7, 11) is 0. The molecule has 0 saturated heterocycles. The molecule has 0 saturated carbocycles. The van der Waals surface area contributed by atoms with Crippen LogP contribution in [0.2, 0.25) is 0 Å². The van der Waals surface area contributed by atoms with Gasteiger partial charge < -0.3 is 0 Å². The standard InChI is InChI=1S/C13H19N3/c1-9(2)12-15-11(13(3,4)5)10-7-6-8-14-16(10)12/h6-9H,1-5H3. The first-order chi connectivity index (χ1) is 7.41. The maximum Gasteiger partial charge on any atom is 0.133 e. The van der Waals surface area contributed by atoms with Gasteiger partial charge in [0.2, 0.25) is 0 Å². The number of aromatic nitrogens is 3. The number of imidazole rings is 1. The van der Waals surface area contributed by atoms with Crippen molar-refractivity contribution in [3.63, 3.8) is 0 Å². The maximum absolute atomic E-state index is 4.76. The van der Waals surface area contributed by atoms with Crippen molar-refractivity contribution in [3.8, 4) is 0 Å². The van der Waals surface area contributed by atoms with Gasteiger partial charge in [0.15, 0.2) is 0 Å². The zero-order valence-corrected chi connectivity index (χ0v) is 10.7. The molecule has 0 bridgehead atoms. The average molecular weight is 217 g/mol. The van der Waals surface area contributed by atoms with Crippen LogP contribution in [0.4, 0.5) is 0 Å². The van der Waals surface area contributed by atoms with E-state index < -0.39 is 0 Å². The second kappa shape index (κ2) is 3.58. The first-order valence-corrected chi connectivity index (χ1v) is 5.75. The first-order valence-electron chi connectivity index (χ1n) is 5.75. The molecule has 0 spiro atoms. The fourth-order valence-corrected chi connectivity index (χ4v) is 1.88. The van der Waals surface area contributed by atoms with Crippen LogP contribution < -0.4 is 0 Å². The van der Waals surface area contributed by atoms with E-state index in [0.29, 0.717) is 5.92 Å². The lowest BCUT2D eigenvalue weighted by Gasteiger charge is -2.15. The van der Waals surface area contributed by atoms with Crippen LogP contribution in [-0.2, 0) is 5.41 Å². The molecule has 2 heterocycles. The van der Waals surface area contributed by atoms with Crippen molar-refractivity contribution in [2.75, 3.05) is 0 Å². The van der Waals surface area contributed by atoms with Crippen molar-refractivity contribution >= 4 is 5.52 Å². The van der Waals surface area contributed by atoms with Gasteiger partial charge in [0.05, 0.1) is 11.2 Å². The van der Waals surface area contributed by atoms with Gasteiger partial charge in [-0.3, -0.25) is 0 Å². The third-order valence-corrected chi connectivity index (χ3v) is 2.66. The van der Waals surface area contributed by atoms with E-state index in [4.69, 9.17) is 4.98 Å². The molecule has 0 fully saturated rings. The Kier molecular flexibility index (Phi) is 2.49. The molecule has 0 aromatic carbocycles. The molecule has 0 aliphatic carbocycles. The molecule has 0 radical (unpaired) electrons. The summed E-state index contributed by atoms with van der Waals surface area (Å²) in [4.78, 5) is 4.76. The third-order valence-electron chi connectivity index (χ3n) is 2.66. The van der Waals surface area contributed by atoms with Crippen molar-refractivity contribution in [2.24, 2.45) is 0 Å². The molecule has 0 aliphatic heterocycles. The monoisotopic (exact) mass is 217 g/mol. The van der Waals surface area contributed by atoms with Crippen LogP contribution in [0.1, 0.15) is 52.1 Å². The SMILES string of the molecule is CC(C)c1nc(C(C)(C)C)c2cccnn12. The van der Waals surface area contributed by atoms with E-state index in [1.807, 2.05) is 16.8 Å². The Hall–Kier alpha value is -1.38. The summed E-state index contributed by atoms with van der Waals surface area (Å²) in [6.45, 7) is 10.9. The highest BCUT2D eigenvalue weighted by Crippen LogP contribution is 2.28. The quantitative estimate of drug-likeness (QED) is 0.734. The molecule has 0 N–H and O–H groups in total. The molecular formula is C13H19N3. The summed E-state index contributed by atoms with van der Waals surface area (Å²) in [6, 6.07) is 4.06. The highest BCUT2D eigenvalue weighted by molar-refractivity contribution is 5.54. The van der Waals surface area contributed by atoms with Gasteiger partial charge in [-0.1, -0.05) is 34.6 Å². The molecule has 86 valence electrons. The minimum Gasteiger partial charge on any atom is -0.235 e. The fraction of sp³-hybridized carbons (Fsp3) is 0.538. The Labute approximate surface area is 96.5 Å². The molecule has 2 aromatic rings. The molecule has 3 heteroatoms. The number of hydrogen-bond acceptors (Lipinski definition) is 2. The topological polar surface area (TPSA) is 30.2 Å². The van der Waals surface area contributed by atoms with E-state index >= 15 is 0 Å². The molecule has 0 unspecified atom stereocenters. The van der Waals surface area contributed by atoms with Gasteiger partial charge in [0, 0.05) is 17.5 Å². The predicted octanol–water partition coefficient (Wildman–Crippen LogP) is 3.15. The van der Waals surface area contributed by atoms with Crippen molar-refractivity contribution in [3.05, 3.63) is 29.8 Å². The van der Waals surface area contributed by atoms with E-state index in [2.05, 4.69) is 45.8 Å². The van der Waals surface area contributed by atoms with E-state index in [-0.39, 0.29) is 5.41 Å². The lowest BCUT2D eigenvalue weighted by atomic mass is 9.91. The number of fused-ring (bicyclic) bond motifs is 1. The van der Waals surface area contributed by atoms with Gasteiger partial charge in [-0.2, -0.15) is 5.10 Å². The van der Waals surface area contributed by atoms with Crippen molar-refractivity contribution in [1.29, 1.82) is 0 Å². The van der Waals surface area contributed by atoms with E-state index in [1.165, 1.54) is 0 Å². The molecule has 0 amide bonds. The van der Waals surface area contributed by atoms with E-state index in [0.717, 1.165) is 17.0 Å². The summed E-state index contributed by atoms with van der Waals surface area (Å²) in [5, 5.41) is 4.39. The summed E-state index contributed by atoms with van der Waals surface area (Å²) in [6.07, 6.45) is 1.81. The number of nitrogens with zero attached hydrogens (tertiary/aromatic N) is 3. The summed E-state index contributed by atoms with van der Waals surface area (Å²) >= 11 is 0. The zero-order valence-electron chi connectivity index (χ0n) is 10.7. The first kappa shape index (κ1) is 11.1. The zero-order chi connectivity index (χ0) is 11.9. The normalized spacial score (nSPS) is 12.6. The Balaban J connectivity index is 2.77. The highest BCUT2D eigenvalue weighted by Gasteiger charge is 2.23. The van der Waals surface area contributed by atoms with Gasteiger partial charge >= 0.3 is 0 Å². The van der Waals surface area contributed by atoms with Crippen LogP contribution in [0.25, 0.3) is 5.52 Å². The average Bonchev–Trinajstić information content (AvgIpc) is 2.56. The molecule has 0 aliphatic rings. The summed E-state index contributed by atoms with van der Waals surface area (Å²) in [5.74, 6) is 1.43. The second-order valence-corrected chi connectivity index (χ2v) is 5.54. The Morgan fingerprint density at radius 3 is 2.50 bits per heavy atom. The van der Waals surface area contributed by atoms with Crippen molar-refractivity contribution < 1.29 is 0 Å². The molecule has 2 rings (SSSR count). The van der Waals surface area contributed by atoms with E-state index in [1.54, 1.807) is 0 Å². The third kappa shape index (κ3) is 1.70. The van der Waals surface area contributed by atoms with Crippen molar-refractivity contribution in [1.82, 2.24) is 14.6 Å². The Morgan fingerprint density at radius 1 is 1.25 bits per heavy atom. The Bertz CT molecular complexity index is 503. The lowest BCUT2D eigenvalue weighted by Crippen LogP contribution is -2.12. The fourth-order valence-electron chi connectivity index (χ4n) is 1.88. The smallest absolute Gasteiger partial charge is 0.133 e. The molecule has 0 atom stereocenters.